The van der Waals surface area contributed by atoms with E-state index < -0.39 is 0 Å². The summed E-state index contributed by atoms with van der Waals surface area (Å²) in [7, 11) is 0. The maximum Gasteiger partial charge on any atom is 0.276 e. The number of nitrogens with zero attached hydrogens (tertiary/aromatic N) is 3. The van der Waals surface area contributed by atoms with Gasteiger partial charge in [0.05, 0.1) is 29.3 Å². The average molecular weight is 515 g/mol. The number of fused-ring (bicyclic) bond motifs is 7. The van der Waals surface area contributed by atoms with Crippen molar-refractivity contribution in [2.24, 2.45) is 0 Å². The van der Waals surface area contributed by atoms with Crippen molar-refractivity contribution in [2.45, 2.75) is 56.7 Å². The quantitative estimate of drug-likeness (QED) is 0.548. The van der Waals surface area contributed by atoms with E-state index in [1.807, 2.05) is 47.4 Å². The lowest BCUT2D eigenvalue weighted by molar-refractivity contribution is 0.0304. The van der Waals surface area contributed by atoms with Gasteiger partial charge in [0.1, 0.15) is 11.5 Å². The fraction of sp³-hybridized carbons (Fsp3) is 0.414. The molecule has 0 spiro atoms. The fourth-order valence-electron chi connectivity index (χ4n) is 5.78. The number of carbonyl (C=O) groups excluding carboxylic acids is 2. The van der Waals surface area contributed by atoms with Crippen LogP contribution < -0.4 is 15.1 Å². The lowest BCUT2D eigenvalue weighted by atomic mass is 10.1. The number of thiophene rings is 1. The minimum atomic E-state index is -0.0904. The van der Waals surface area contributed by atoms with Crippen LogP contribution in [0.25, 0.3) is 10.4 Å². The van der Waals surface area contributed by atoms with E-state index in [4.69, 9.17) is 9.72 Å². The van der Waals surface area contributed by atoms with Crippen molar-refractivity contribution in [3.05, 3.63) is 64.7 Å². The molecule has 1 N–H and O–H groups in total. The molecule has 5 aliphatic rings. The highest BCUT2D eigenvalue weighted by Gasteiger charge is 2.34. The normalized spacial score (nSPS) is 22.6. The van der Waals surface area contributed by atoms with Gasteiger partial charge < -0.3 is 19.9 Å². The molecule has 1 aromatic carbocycles. The Labute approximate surface area is 220 Å². The number of benzene rings is 1. The third kappa shape index (κ3) is 4.32. The SMILES string of the molecule is O=C(NC1CC1)c1cc2c(s1)-c1ccccc1N(C(=O)c1cccc(N3CC4CCCC3CO4)n1)CC2. The zero-order valence-electron chi connectivity index (χ0n) is 20.7. The Balaban J connectivity index is 1.19. The molecule has 2 aromatic heterocycles. The number of morpholine rings is 1. The Kier molecular flexibility index (Phi) is 5.74. The van der Waals surface area contributed by atoms with Gasteiger partial charge in [0.25, 0.3) is 11.8 Å². The number of pyridine rings is 1. The van der Waals surface area contributed by atoms with E-state index >= 15 is 0 Å². The summed E-state index contributed by atoms with van der Waals surface area (Å²) in [6, 6.07) is 16.5. The molecule has 3 aromatic rings. The van der Waals surface area contributed by atoms with E-state index in [2.05, 4.69) is 16.3 Å². The lowest BCUT2D eigenvalue weighted by Gasteiger charge is -2.37. The predicted octanol–water partition coefficient (Wildman–Crippen LogP) is 4.66. The second kappa shape index (κ2) is 9.26. The highest BCUT2D eigenvalue weighted by molar-refractivity contribution is 7.17. The standard InChI is InChI=1S/C29H30N4O3S/c34-28(30-19-11-12-19)25-15-18-13-14-32(24-9-2-1-7-22(24)27(18)37-25)29(35)23-8-4-10-26(31-23)33-16-21-6-3-5-20(33)17-36-21/h1-2,4,7-10,15,19-21H,3,5-6,11-14,16-17H2,(H,30,34). The molecule has 7 nitrogen and oxygen atoms in total. The smallest absolute Gasteiger partial charge is 0.276 e. The molecule has 4 aliphatic heterocycles. The molecule has 2 bridgehead atoms. The van der Waals surface area contributed by atoms with Gasteiger partial charge >= 0.3 is 0 Å². The highest BCUT2D eigenvalue weighted by Crippen LogP contribution is 2.42. The van der Waals surface area contributed by atoms with E-state index in [0.717, 1.165) is 71.2 Å². The summed E-state index contributed by atoms with van der Waals surface area (Å²) < 4.78 is 5.98. The van der Waals surface area contributed by atoms with Crippen LogP contribution in [0.1, 0.15) is 57.8 Å². The van der Waals surface area contributed by atoms with Crippen LogP contribution in [-0.4, -0.2) is 54.7 Å². The Morgan fingerprint density at radius 2 is 1.95 bits per heavy atom. The number of para-hydroxylation sites is 1. The summed E-state index contributed by atoms with van der Waals surface area (Å²) in [6.07, 6.45) is 6.42. The minimum absolute atomic E-state index is 0.0135. The molecule has 8 rings (SSSR count). The average Bonchev–Trinajstić information content (AvgIpc) is 3.74. The van der Waals surface area contributed by atoms with Crippen molar-refractivity contribution in [2.75, 3.05) is 29.5 Å². The van der Waals surface area contributed by atoms with Gasteiger partial charge in [0, 0.05) is 29.6 Å². The van der Waals surface area contributed by atoms with E-state index in [1.54, 1.807) is 0 Å². The first-order chi connectivity index (χ1) is 18.1. The zero-order chi connectivity index (χ0) is 24.9. The maximum atomic E-state index is 13.9. The molecular weight excluding hydrogens is 484 g/mol. The molecule has 1 aliphatic carbocycles. The molecule has 2 atom stereocenters. The zero-order valence-corrected chi connectivity index (χ0v) is 21.5. The third-order valence-corrected chi connectivity index (χ3v) is 9.12. The van der Waals surface area contributed by atoms with Crippen LogP contribution in [0.5, 0.6) is 0 Å². The first-order valence-electron chi connectivity index (χ1n) is 13.3. The van der Waals surface area contributed by atoms with Crippen LogP contribution in [-0.2, 0) is 11.2 Å². The molecule has 6 heterocycles. The maximum absolute atomic E-state index is 13.9. The Morgan fingerprint density at radius 3 is 2.84 bits per heavy atom. The molecule has 190 valence electrons. The molecule has 2 amide bonds. The molecule has 0 radical (unpaired) electrons. The number of ether oxygens (including phenoxy) is 1. The van der Waals surface area contributed by atoms with Gasteiger partial charge in [-0.05, 0) is 68.4 Å². The van der Waals surface area contributed by atoms with Crippen LogP contribution in [0.3, 0.4) is 0 Å². The Morgan fingerprint density at radius 1 is 1.05 bits per heavy atom. The Hall–Kier alpha value is -3.23. The van der Waals surface area contributed by atoms with Gasteiger partial charge in [0.2, 0.25) is 0 Å². The molecule has 2 unspecified atom stereocenters. The monoisotopic (exact) mass is 514 g/mol. The van der Waals surface area contributed by atoms with Crippen LogP contribution in [0.2, 0.25) is 0 Å². The largest absolute Gasteiger partial charge is 0.374 e. The second-order valence-corrected chi connectivity index (χ2v) is 11.6. The number of carbonyl (C=O) groups is 2. The van der Waals surface area contributed by atoms with Gasteiger partial charge in [-0.2, -0.15) is 0 Å². The van der Waals surface area contributed by atoms with Crippen molar-refractivity contribution < 1.29 is 14.3 Å². The molecule has 4 fully saturated rings. The van der Waals surface area contributed by atoms with Gasteiger partial charge in [0.15, 0.2) is 0 Å². The lowest BCUT2D eigenvalue weighted by Crippen LogP contribution is -2.48. The summed E-state index contributed by atoms with van der Waals surface area (Å²) in [5.41, 5.74) is 3.45. The van der Waals surface area contributed by atoms with Crippen LogP contribution in [0, 0.1) is 0 Å². The van der Waals surface area contributed by atoms with E-state index in [9.17, 15) is 9.59 Å². The number of amides is 2. The fourth-order valence-corrected chi connectivity index (χ4v) is 6.92. The van der Waals surface area contributed by atoms with E-state index in [-0.39, 0.29) is 17.9 Å². The van der Waals surface area contributed by atoms with Gasteiger partial charge in [-0.3, -0.25) is 9.59 Å². The first kappa shape index (κ1) is 22.9. The highest BCUT2D eigenvalue weighted by atomic mass is 32.1. The molecule has 3 saturated heterocycles. The number of hydrogen-bond acceptors (Lipinski definition) is 6. The molecule has 1 saturated carbocycles. The summed E-state index contributed by atoms with van der Waals surface area (Å²) in [4.78, 5) is 37.5. The summed E-state index contributed by atoms with van der Waals surface area (Å²) in [5.74, 6) is 0.784. The van der Waals surface area contributed by atoms with Gasteiger partial charge in [-0.15, -0.1) is 11.3 Å². The van der Waals surface area contributed by atoms with Crippen molar-refractivity contribution in [3.8, 4) is 10.4 Å². The van der Waals surface area contributed by atoms with Crippen molar-refractivity contribution in [3.63, 3.8) is 0 Å². The predicted molar refractivity (Wildman–Crippen MR) is 145 cm³/mol. The van der Waals surface area contributed by atoms with Gasteiger partial charge in [-0.1, -0.05) is 24.3 Å². The molecule has 37 heavy (non-hydrogen) atoms. The van der Waals surface area contributed by atoms with Crippen LogP contribution in [0.15, 0.2) is 48.5 Å². The number of anilines is 2. The number of hydrogen-bond donors (Lipinski definition) is 1. The van der Waals surface area contributed by atoms with Crippen molar-refractivity contribution in [1.29, 1.82) is 0 Å². The number of nitrogens with one attached hydrogen (secondary N) is 1. The number of rotatable bonds is 4. The van der Waals surface area contributed by atoms with E-state index in [0.29, 0.717) is 30.7 Å². The molecule has 8 heteroatoms. The first-order valence-corrected chi connectivity index (χ1v) is 14.2. The van der Waals surface area contributed by atoms with Crippen LogP contribution >= 0.6 is 11.3 Å². The van der Waals surface area contributed by atoms with Gasteiger partial charge in [-0.25, -0.2) is 4.98 Å². The number of aromatic nitrogens is 1. The minimum Gasteiger partial charge on any atom is -0.374 e. The van der Waals surface area contributed by atoms with Crippen LogP contribution in [0.4, 0.5) is 11.5 Å². The topological polar surface area (TPSA) is 74.8 Å². The van der Waals surface area contributed by atoms with Crippen molar-refractivity contribution in [1.82, 2.24) is 10.3 Å². The second-order valence-electron chi connectivity index (χ2n) is 10.5. The van der Waals surface area contributed by atoms with E-state index in [1.165, 1.54) is 17.8 Å². The summed E-state index contributed by atoms with van der Waals surface area (Å²) in [6.45, 7) is 2.10. The summed E-state index contributed by atoms with van der Waals surface area (Å²) >= 11 is 1.52. The Bertz CT molecular complexity index is 1360. The third-order valence-electron chi connectivity index (χ3n) is 7.91. The summed E-state index contributed by atoms with van der Waals surface area (Å²) in [5, 5.41) is 3.10. The molecular formula is C29H30N4O3S. The van der Waals surface area contributed by atoms with Crippen molar-refractivity contribution >= 4 is 34.7 Å².